The highest BCUT2D eigenvalue weighted by atomic mass is 29.2. The van der Waals surface area contributed by atoms with Crippen LogP contribution in [0.3, 0.4) is 0 Å². The standard InChI is InChI=1S/C4H14Si2.C3H8/c1-5-6(2,3)4;1-3-2/h5H2,1-4H3;3H2,1-2H3. The molecular formula is C7H22Si2. The third kappa shape index (κ3) is 29.6. The van der Waals surface area contributed by atoms with E-state index in [9.17, 15) is 0 Å². The Bertz CT molecular complexity index is 45.4. The predicted molar refractivity (Wildman–Crippen MR) is 53.7 cm³/mol. The summed E-state index contributed by atoms with van der Waals surface area (Å²) in [6, 6.07) is 0. The molecule has 0 amide bonds. The van der Waals surface area contributed by atoms with Gasteiger partial charge in [-0.15, -0.1) is 0 Å². The first-order valence-corrected chi connectivity index (χ1v) is 11.2. The lowest BCUT2D eigenvalue weighted by atomic mass is 10.6. The Morgan fingerprint density at radius 1 is 1.11 bits per heavy atom. The minimum Gasteiger partial charge on any atom is -0.0766 e. The molecule has 0 unspecified atom stereocenters. The van der Waals surface area contributed by atoms with E-state index in [1.807, 2.05) is 0 Å². The quantitative estimate of drug-likeness (QED) is 0.520. The van der Waals surface area contributed by atoms with Gasteiger partial charge in [0.15, 0.2) is 0 Å². The van der Waals surface area contributed by atoms with Gasteiger partial charge in [-0.05, 0) is 0 Å². The van der Waals surface area contributed by atoms with Crippen molar-refractivity contribution in [3.05, 3.63) is 0 Å². The Morgan fingerprint density at radius 3 is 1.22 bits per heavy atom. The molecule has 0 aliphatic heterocycles. The second kappa shape index (κ2) is 6.55. The highest BCUT2D eigenvalue weighted by molar-refractivity contribution is 7.22. The second-order valence-corrected chi connectivity index (χ2v) is 17.9. The average molecular weight is 162 g/mol. The highest BCUT2D eigenvalue weighted by Gasteiger charge is 2.07. The number of rotatable bonds is 1. The van der Waals surface area contributed by atoms with Crippen LogP contribution in [0.2, 0.25) is 26.2 Å². The van der Waals surface area contributed by atoms with Crippen molar-refractivity contribution < 1.29 is 0 Å². The van der Waals surface area contributed by atoms with Gasteiger partial charge in [0.1, 0.15) is 0 Å². The van der Waals surface area contributed by atoms with Gasteiger partial charge in [0, 0.05) is 16.6 Å². The van der Waals surface area contributed by atoms with Crippen molar-refractivity contribution in [1.29, 1.82) is 0 Å². The van der Waals surface area contributed by atoms with Crippen LogP contribution in [-0.4, -0.2) is 16.6 Å². The Balaban J connectivity index is 0. The first-order valence-electron chi connectivity index (χ1n) is 3.97. The molecule has 0 saturated carbocycles. The van der Waals surface area contributed by atoms with Gasteiger partial charge in [0.25, 0.3) is 0 Å². The smallest absolute Gasteiger partial charge is 0.0307 e. The van der Waals surface area contributed by atoms with Gasteiger partial charge < -0.3 is 0 Å². The van der Waals surface area contributed by atoms with E-state index in [-0.39, 0.29) is 0 Å². The molecule has 0 aliphatic rings. The van der Waals surface area contributed by atoms with Crippen LogP contribution >= 0.6 is 0 Å². The third-order valence-electron chi connectivity index (χ3n) is 1.06. The fourth-order valence-corrected chi connectivity index (χ4v) is 0. The van der Waals surface area contributed by atoms with E-state index in [0.717, 1.165) is 0 Å². The maximum atomic E-state index is 2.44. The minimum atomic E-state index is -0.492. The lowest BCUT2D eigenvalue weighted by Crippen LogP contribution is -2.26. The SMILES string of the molecule is CCC.C[SiH2][Si](C)(C)C. The molecule has 0 aromatic carbocycles. The topological polar surface area (TPSA) is 0 Å². The van der Waals surface area contributed by atoms with Crippen LogP contribution < -0.4 is 0 Å². The summed E-state index contributed by atoms with van der Waals surface area (Å²) in [7, 11) is -0.101. The summed E-state index contributed by atoms with van der Waals surface area (Å²) in [6.07, 6.45) is 1.25. The van der Waals surface area contributed by atoms with Crippen molar-refractivity contribution in [2.45, 2.75) is 46.5 Å². The zero-order valence-corrected chi connectivity index (χ0v) is 10.3. The molecule has 0 aromatic rings. The van der Waals surface area contributed by atoms with Gasteiger partial charge in [-0.2, -0.15) is 0 Å². The van der Waals surface area contributed by atoms with Gasteiger partial charge >= 0.3 is 0 Å². The van der Waals surface area contributed by atoms with Crippen LogP contribution in [0, 0.1) is 0 Å². The van der Waals surface area contributed by atoms with Crippen LogP contribution in [0.1, 0.15) is 20.3 Å². The Kier molecular flexibility index (Phi) is 8.84. The van der Waals surface area contributed by atoms with E-state index >= 15 is 0 Å². The second-order valence-electron chi connectivity index (χ2n) is 3.62. The summed E-state index contributed by atoms with van der Waals surface area (Å²) >= 11 is 0. The van der Waals surface area contributed by atoms with Gasteiger partial charge in [-0.3, -0.25) is 0 Å². The lowest BCUT2D eigenvalue weighted by molar-refractivity contribution is 1.09. The predicted octanol–water partition coefficient (Wildman–Crippen LogP) is 2.45. The van der Waals surface area contributed by atoms with E-state index in [2.05, 4.69) is 40.0 Å². The first-order chi connectivity index (χ1) is 3.97. The molecule has 0 radical (unpaired) electrons. The molecule has 0 atom stereocenters. The Hall–Kier alpha value is 0.434. The van der Waals surface area contributed by atoms with Crippen molar-refractivity contribution in [3.63, 3.8) is 0 Å². The van der Waals surface area contributed by atoms with Crippen molar-refractivity contribution in [2.75, 3.05) is 0 Å². The van der Waals surface area contributed by atoms with Gasteiger partial charge in [-0.1, -0.05) is 46.5 Å². The maximum Gasteiger partial charge on any atom is 0.0307 e. The molecule has 0 heterocycles. The largest absolute Gasteiger partial charge is 0.0766 e. The van der Waals surface area contributed by atoms with Crippen LogP contribution in [0.15, 0.2) is 0 Å². The molecule has 0 aromatic heterocycles. The molecule has 0 saturated heterocycles. The van der Waals surface area contributed by atoms with Crippen molar-refractivity contribution in [3.8, 4) is 0 Å². The Labute approximate surface area is 63.7 Å². The minimum absolute atomic E-state index is 0.391. The summed E-state index contributed by atoms with van der Waals surface area (Å²) in [5, 5.41) is 0. The molecule has 2 heteroatoms. The van der Waals surface area contributed by atoms with Crippen molar-refractivity contribution in [1.82, 2.24) is 0 Å². The van der Waals surface area contributed by atoms with Gasteiger partial charge in [0.2, 0.25) is 0 Å². The molecule has 0 bridgehead atoms. The van der Waals surface area contributed by atoms with E-state index in [1.165, 1.54) is 6.42 Å². The molecule has 58 valence electrons. The van der Waals surface area contributed by atoms with E-state index in [1.54, 1.807) is 0 Å². The summed E-state index contributed by atoms with van der Waals surface area (Å²) in [5.41, 5.74) is 0. The summed E-state index contributed by atoms with van der Waals surface area (Å²) < 4.78 is 0. The van der Waals surface area contributed by atoms with E-state index in [4.69, 9.17) is 0 Å². The van der Waals surface area contributed by atoms with E-state index in [0.29, 0.717) is 9.04 Å². The van der Waals surface area contributed by atoms with Gasteiger partial charge in [-0.25, -0.2) is 0 Å². The van der Waals surface area contributed by atoms with Crippen LogP contribution in [0.5, 0.6) is 0 Å². The highest BCUT2D eigenvalue weighted by Crippen LogP contribution is 1.94. The molecule has 9 heavy (non-hydrogen) atoms. The molecule has 0 nitrogen and oxygen atoms in total. The zero-order valence-electron chi connectivity index (χ0n) is 7.91. The molecule has 0 fully saturated rings. The average Bonchev–Trinajstić information content (AvgIpc) is 1.67. The number of hydrogen-bond donors (Lipinski definition) is 0. The van der Waals surface area contributed by atoms with Crippen LogP contribution in [0.4, 0.5) is 0 Å². The molecular weight excluding hydrogens is 140 g/mol. The molecule has 0 rings (SSSR count). The summed E-state index contributed by atoms with van der Waals surface area (Å²) in [4.78, 5) is 0. The van der Waals surface area contributed by atoms with Crippen molar-refractivity contribution >= 4 is 16.6 Å². The summed E-state index contributed by atoms with van der Waals surface area (Å²) in [6.45, 7) is 14.0. The van der Waals surface area contributed by atoms with Crippen LogP contribution in [0.25, 0.3) is 0 Å². The normalized spacial score (nSPS) is 11.3. The fraction of sp³-hybridized carbons (Fsp3) is 1.00. The number of hydrogen-bond acceptors (Lipinski definition) is 0. The molecule has 0 N–H and O–H groups in total. The monoisotopic (exact) mass is 162 g/mol. The third-order valence-corrected chi connectivity index (χ3v) is 9.55. The fourth-order valence-electron chi connectivity index (χ4n) is 0. The van der Waals surface area contributed by atoms with E-state index < -0.39 is 7.59 Å². The maximum absolute atomic E-state index is 2.44. The first kappa shape index (κ1) is 12.1. The summed E-state index contributed by atoms with van der Waals surface area (Å²) in [5.74, 6) is 0. The Morgan fingerprint density at radius 2 is 1.22 bits per heavy atom. The molecule has 0 spiro atoms. The lowest BCUT2D eigenvalue weighted by Gasteiger charge is -2.08. The van der Waals surface area contributed by atoms with Crippen molar-refractivity contribution in [2.24, 2.45) is 0 Å². The van der Waals surface area contributed by atoms with Crippen LogP contribution in [-0.2, 0) is 0 Å². The molecule has 0 aliphatic carbocycles. The zero-order chi connectivity index (χ0) is 7.91. The van der Waals surface area contributed by atoms with Gasteiger partial charge in [0.05, 0.1) is 0 Å².